The standard InChI is InChI=1S/C13H12FN3O/c14-11-8-9(15)6-7-12(11)17-13(18)16-10-4-2-1-3-5-10/h1-8H,15H2,(H2,16,17,18). The van der Waals surface area contributed by atoms with Crippen LogP contribution in [-0.2, 0) is 0 Å². The number of nitrogen functional groups attached to an aromatic ring is 1. The van der Waals surface area contributed by atoms with Crippen molar-refractivity contribution in [1.29, 1.82) is 0 Å². The van der Waals surface area contributed by atoms with Gasteiger partial charge < -0.3 is 16.4 Å². The first kappa shape index (κ1) is 11.9. The number of rotatable bonds is 2. The number of para-hydroxylation sites is 1. The zero-order valence-electron chi connectivity index (χ0n) is 9.48. The molecule has 0 radical (unpaired) electrons. The molecule has 92 valence electrons. The lowest BCUT2D eigenvalue weighted by Gasteiger charge is -2.08. The summed E-state index contributed by atoms with van der Waals surface area (Å²) < 4.78 is 13.4. The third-order valence-electron chi connectivity index (χ3n) is 2.27. The monoisotopic (exact) mass is 245 g/mol. The van der Waals surface area contributed by atoms with Crippen LogP contribution in [0.4, 0.5) is 26.2 Å². The first-order valence-corrected chi connectivity index (χ1v) is 5.33. The summed E-state index contributed by atoms with van der Waals surface area (Å²) in [5.74, 6) is -0.571. The third-order valence-corrected chi connectivity index (χ3v) is 2.27. The highest BCUT2D eigenvalue weighted by atomic mass is 19.1. The fourth-order valence-electron chi connectivity index (χ4n) is 1.44. The van der Waals surface area contributed by atoms with Gasteiger partial charge in [-0.25, -0.2) is 9.18 Å². The molecule has 0 aliphatic heterocycles. The molecule has 4 nitrogen and oxygen atoms in total. The lowest BCUT2D eigenvalue weighted by molar-refractivity contribution is 0.262. The molecule has 4 N–H and O–H groups in total. The zero-order chi connectivity index (χ0) is 13.0. The van der Waals surface area contributed by atoms with Crippen molar-refractivity contribution in [1.82, 2.24) is 0 Å². The Hall–Kier alpha value is -2.56. The number of nitrogens with one attached hydrogen (secondary N) is 2. The molecule has 0 heterocycles. The number of amides is 2. The number of hydrogen-bond donors (Lipinski definition) is 3. The number of carbonyl (C=O) groups excluding carboxylic acids is 1. The quantitative estimate of drug-likeness (QED) is 0.712. The van der Waals surface area contributed by atoms with Crippen molar-refractivity contribution in [3.63, 3.8) is 0 Å². The van der Waals surface area contributed by atoms with Crippen LogP contribution in [0.1, 0.15) is 0 Å². The molecule has 0 saturated carbocycles. The number of anilines is 3. The van der Waals surface area contributed by atoms with Crippen molar-refractivity contribution >= 4 is 23.1 Å². The number of urea groups is 1. The van der Waals surface area contributed by atoms with Gasteiger partial charge in [-0.05, 0) is 30.3 Å². The van der Waals surface area contributed by atoms with E-state index in [0.29, 0.717) is 11.4 Å². The van der Waals surface area contributed by atoms with Crippen molar-refractivity contribution in [2.75, 3.05) is 16.4 Å². The summed E-state index contributed by atoms with van der Waals surface area (Å²) in [4.78, 5) is 11.6. The molecule has 2 rings (SSSR count). The third kappa shape index (κ3) is 2.98. The summed E-state index contributed by atoms with van der Waals surface area (Å²) in [5, 5.41) is 4.99. The molecular formula is C13H12FN3O. The van der Waals surface area contributed by atoms with Gasteiger partial charge in [-0.1, -0.05) is 18.2 Å². The first-order chi connectivity index (χ1) is 8.65. The summed E-state index contributed by atoms with van der Waals surface area (Å²) in [6.07, 6.45) is 0. The van der Waals surface area contributed by atoms with Crippen LogP contribution >= 0.6 is 0 Å². The van der Waals surface area contributed by atoms with Gasteiger partial charge >= 0.3 is 6.03 Å². The molecule has 0 unspecified atom stereocenters. The fourth-order valence-corrected chi connectivity index (χ4v) is 1.44. The van der Waals surface area contributed by atoms with E-state index in [1.807, 2.05) is 6.07 Å². The Morgan fingerprint density at radius 1 is 1.06 bits per heavy atom. The van der Waals surface area contributed by atoms with Crippen molar-refractivity contribution in [3.8, 4) is 0 Å². The maximum Gasteiger partial charge on any atom is 0.323 e. The molecule has 18 heavy (non-hydrogen) atoms. The van der Waals surface area contributed by atoms with Crippen molar-refractivity contribution in [2.45, 2.75) is 0 Å². The average molecular weight is 245 g/mol. The molecule has 2 amide bonds. The summed E-state index contributed by atoms with van der Waals surface area (Å²) in [7, 11) is 0. The number of benzene rings is 2. The molecule has 2 aromatic carbocycles. The average Bonchev–Trinajstić information content (AvgIpc) is 2.34. The van der Waals surface area contributed by atoms with E-state index < -0.39 is 11.8 Å². The van der Waals surface area contributed by atoms with Gasteiger partial charge in [-0.15, -0.1) is 0 Å². The highest BCUT2D eigenvalue weighted by Gasteiger charge is 2.06. The van der Waals surface area contributed by atoms with Crippen LogP contribution in [-0.4, -0.2) is 6.03 Å². The molecule has 0 saturated heterocycles. The van der Waals surface area contributed by atoms with Crippen molar-refractivity contribution in [3.05, 3.63) is 54.3 Å². The van der Waals surface area contributed by atoms with E-state index >= 15 is 0 Å². The Labute approximate surface area is 104 Å². The van der Waals surface area contributed by atoms with Crippen molar-refractivity contribution < 1.29 is 9.18 Å². The molecular weight excluding hydrogens is 233 g/mol. The lowest BCUT2D eigenvalue weighted by Crippen LogP contribution is -2.20. The van der Waals surface area contributed by atoms with Crippen LogP contribution < -0.4 is 16.4 Å². The largest absolute Gasteiger partial charge is 0.399 e. The van der Waals surface area contributed by atoms with Gasteiger partial charge in [-0.2, -0.15) is 0 Å². The van der Waals surface area contributed by atoms with Crippen molar-refractivity contribution in [2.24, 2.45) is 0 Å². The van der Waals surface area contributed by atoms with Gasteiger partial charge in [0.2, 0.25) is 0 Å². The Balaban J connectivity index is 2.03. The van der Waals surface area contributed by atoms with Gasteiger partial charge in [0.1, 0.15) is 5.82 Å². The summed E-state index contributed by atoms with van der Waals surface area (Å²) in [6.45, 7) is 0. The highest BCUT2D eigenvalue weighted by molar-refractivity contribution is 5.99. The first-order valence-electron chi connectivity index (χ1n) is 5.33. The van der Waals surface area contributed by atoms with Crippen LogP contribution in [0.2, 0.25) is 0 Å². The Kier molecular flexibility index (Phi) is 3.43. The number of hydrogen-bond acceptors (Lipinski definition) is 2. The van der Waals surface area contributed by atoms with Gasteiger partial charge in [0.15, 0.2) is 0 Å². The Morgan fingerprint density at radius 3 is 2.44 bits per heavy atom. The second kappa shape index (κ2) is 5.18. The molecule has 5 heteroatoms. The van der Waals surface area contributed by atoms with Crippen LogP contribution in [0.25, 0.3) is 0 Å². The topological polar surface area (TPSA) is 67.1 Å². The van der Waals surface area contributed by atoms with Crippen LogP contribution in [0.3, 0.4) is 0 Å². The van der Waals surface area contributed by atoms with Gasteiger partial charge in [-0.3, -0.25) is 0 Å². The predicted octanol–water partition coefficient (Wildman–Crippen LogP) is 3.05. The Bertz CT molecular complexity index is 557. The van der Waals surface area contributed by atoms with Crippen LogP contribution in [0.15, 0.2) is 48.5 Å². The molecule has 0 fully saturated rings. The van der Waals surface area contributed by atoms with E-state index in [4.69, 9.17) is 5.73 Å². The smallest absolute Gasteiger partial charge is 0.323 e. The molecule has 0 aliphatic rings. The van der Waals surface area contributed by atoms with Gasteiger partial charge in [0.05, 0.1) is 5.69 Å². The van der Waals surface area contributed by atoms with E-state index in [9.17, 15) is 9.18 Å². The lowest BCUT2D eigenvalue weighted by atomic mass is 10.2. The maximum atomic E-state index is 13.4. The minimum absolute atomic E-state index is 0.0811. The maximum absolute atomic E-state index is 13.4. The molecule has 0 bridgehead atoms. The van der Waals surface area contributed by atoms with E-state index in [0.717, 1.165) is 6.07 Å². The second-order valence-electron chi connectivity index (χ2n) is 3.68. The molecule has 0 spiro atoms. The predicted molar refractivity (Wildman–Crippen MR) is 69.9 cm³/mol. The highest BCUT2D eigenvalue weighted by Crippen LogP contribution is 2.17. The summed E-state index contributed by atoms with van der Waals surface area (Å²) in [5.41, 5.74) is 6.43. The molecule has 0 aliphatic carbocycles. The SMILES string of the molecule is Nc1ccc(NC(=O)Nc2ccccc2)c(F)c1. The van der Waals surface area contributed by atoms with E-state index in [1.54, 1.807) is 24.3 Å². The number of halogens is 1. The Morgan fingerprint density at radius 2 is 1.78 bits per heavy atom. The van der Waals surface area contributed by atoms with Crippen LogP contribution in [0, 0.1) is 5.82 Å². The normalized spacial score (nSPS) is 9.83. The van der Waals surface area contributed by atoms with E-state index in [-0.39, 0.29) is 5.69 Å². The minimum atomic E-state index is -0.571. The fraction of sp³-hybridized carbons (Fsp3) is 0. The number of carbonyl (C=O) groups is 1. The molecule has 2 aromatic rings. The number of nitrogens with two attached hydrogens (primary N) is 1. The van der Waals surface area contributed by atoms with Gasteiger partial charge in [0.25, 0.3) is 0 Å². The zero-order valence-corrected chi connectivity index (χ0v) is 9.48. The minimum Gasteiger partial charge on any atom is -0.399 e. The summed E-state index contributed by atoms with van der Waals surface area (Å²) >= 11 is 0. The van der Waals surface area contributed by atoms with Crippen LogP contribution in [0.5, 0.6) is 0 Å². The second-order valence-corrected chi connectivity index (χ2v) is 3.68. The molecule has 0 aromatic heterocycles. The molecule has 0 atom stereocenters. The summed E-state index contributed by atoms with van der Waals surface area (Å²) in [6, 6.07) is 12.5. The van der Waals surface area contributed by atoms with Gasteiger partial charge in [0, 0.05) is 11.4 Å². The van der Waals surface area contributed by atoms with E-state index in [1.165, 1.54) is 12.1 Å². The van der Waals surface area contributed by atoms with E-state index in [2.05, 4.69) is 10.6 Å².